The molecule has 0 aliphatic carbocycles. The monoisotopic (exact) mass is 442 g/mol. The maximum absolute atomic E-state index is 12.9. The van der Waals surface area contributed by atoms with Gasteiger partial charge in [-0.25, -0.2) is 4.98 Å². The van der Waals surface area contributed by atoms with E-state index in [1.807, 2.05) is 32.8 Å². The van der Waals surface area contributed by atoms with Crippen LogP contribution in [0.1, 0.15) is 23.2 Å². The lowest BCUT2D eigenvalue weighted by Gasteiger charge is -2.36. The van der Waals surface area contributed by atoms with Crippen molar-refractivity contribution in [2.24, 2.45) is 0 Å². The largest absolute Gasteiger partial charge is 0.496 e. The number of rotatable bonds is 8. The summed E-state index contributed by atoms with van der Waals surface area (Å²) in [6.45, 7) is 5.26. The molecule has 0 radical (unpaired) electrons. The van der Waals surface area contributed by atoms with Crippen molar-refractivity contribution in [1.82, 2.24) is 25.2 Å². The van der Waals surface area contributed by atoms with Crippen LogP contribution < -0.4 is 26.0 Å². The molecule has 2 amide bonds. The van der Waals surface area contributed by atoms with Crippen LogP contribution >= 0.6 is 0 Å². The molecule has 2 aromatic rings. The second kappa shape index (κ2) is 9.77. The molecule has 1 unspecified atom stereocenters. The quantitative estimate of drug-likeness (QED) is 0.532. The molecule has 0 saturated heterocycles. The molecule has 11 nitrogen and oxygen atoms in total. The third-order valence-electron chi connectivity index (χ3n) is 5.33. The van der Waals surface area contributed by atoms with E-state index in [0.29, 0.717) is 30.3 Å². The van der Waals surface area contributed by atoms with Crippen LogP contribution in [0.3, 0.4) is 0 Å². The molecule has 1 atom stereocenters. The minimum absolute atomic E-state index is 0.0371. The van der Waals surface area contributed by atoms with Crippen molar-refractivity contribution in [2.45, 2.75) is 32.9 Å². The summed E-state index contributed by atoms with van der Waals surface area (Å²) in [5, 5.41) is 5.64. The van der Waals surface area contributed by atoms with E-state index in [0.717, 1.165) is 16.9 Å². The number of carbonyl (C=O) groups excluding carboxylic acids is 2. The number of methoxy groups -OCH3 is 1. The van der Waals surface area contributed by atoms with E-state index in [1.165, 1.54) is 6.20 Å². The Morgan fingerprint density at radius 3 is 2.75 bits per heavy atom. The van der Waals surface area contributed by atoms with Crippen molar-refractivity contribution in [1.29, 1.82) is 0 Å². The van der Waals surface area contributed by atoms with Gasteiger partial charge < -0.3 is 30.9 Å². The summed E-state index contributed by atoms with van der Waals surface area (Å²) < 4.78 is 5.52. The van der Waals surface area contributed by atoms with Crippen molar-refractivity contribution >= 4 is 29.3 Å². The van der Waals surface area contributed by atoms with Gasteiger partial charge >= 0.3 is 0 Å². The molecule has 1 aliphatic rings. The van der Waals surface area contributed by atoms with Crippen LogP contribution in [-0.4, -0.2) is 72.0 Å². The molecular formula is C21H30N8O3. The number of nitrogen functional groups attached to an aromatic ring is 1. The highest BCUT2D eigenvalue weighted by molar-refractivity contribution is 6.04. The number of ether oxygens (including phenoxy) is 1. The van der Waals surface area contributed by atoms with Gasteiger partial charge in [0, 0.05) is 30.4 Å². The number of nitrogens with two attached hydrogens (primary N) is 1. The number of fused-ring (bicyclic) bond motifs is 1. The lowest BCUT2D eigenvalue weighted by molar-refractivity contribution is -0.125. The average molecular weight is 443 g/mol. The van der Waals surface area contributed by atoms with E-state index in [9.17, 15) is 9.59 Å². The molecule has 0 spiro atoms. The van der Waals surface area contributed by atoms with Crippen molar-refractivity contribution in [3.63, 3.8) is 0 Å². The third-order valence-corrected chi connectivity index (χ3v) is 5.33. The van der Waals surface area contributed by atoms with Gasteiger partial charge in [0.15, 0.2) is 5.82 Å². The molecular weight excluding hydrogens is 412 g/mol. The first-order chi connectivity index (χ1) is 15.2. The van der Waals surface area contributed by atoms with Gasteiger partial charge in [-0.15, -0.1) is 0 Å². The van der Waals surface area contributed by atoms with Crippen LogP contribution in [0.2, 0.25) is 0 Å². The van der Waals surface area contributed by atoms with E-state index in [-0.39, 0.29) is 30.7 Å². The number of nitrogens with one attached hydrogen (secondary N) is 2. The number of hydrogen-bond acceptors (Lipinski definition) is 9. The second-order valence-electron chi connectivity index (χ2n) is 8.00. The van der Waals surface area contributed by atoms with Gasteiger partial charge in [-0.3, -0.25) is 14.6 Å². The van der Waals surface area contributed by atoms with Gasteiger partial charge in [0.25, 0.3) is 0 Å². The van der Waals surface area contributed by atoms with E-state index >= 15 is 0 Å². The Kier molecular flexibility index (Phi) is 7.08. The smallest absolute Gasteiger partial charge is 0.247 e. The number of aryl methyl sites for hydroxylation is 1. The van der Waals surface area contributed by atoms with Crippen molar-refractivity contribution in [3.8, 4) is 5.75 Å². The molecule has 2 aromatic heterocycles. The summed E-state index contributed by atoms with van der Waals surface area (Å²) in [4.78, 5) is 42.1. The van der Waals surface area contributed by atoms with Gasteiger partial charge in [0.05, 0.1) is 32.0 Å². The number of pyridine rings is 1. The fraction of sp³-hybridized carbons (Fsp3) is 0.476. The van der Waals surface area contributed by atoms with Gasteiger partial charge in [0.1, 0.15) is 17.5 Å². The van der Waals surface area contributed by atoms with E-state index in [1.54, 1.807) is 18.2 Å². The van der Waals surface area contributed by atoms with Crippen molar-refractivity contribution < 1.29 is 14.3 Å². The Labute approximate surface area is 187 Å². The Morgan fingerprint density at radius 2 is 2.06 bits per heavy atom. The molecule has 3 heterocycles. The zero-order valence-electron chi connectivity index (χ0n) is 19.1. The lowest BCUT2D eigenvalue weighted by atomic mass is 10.0. The summed E-state index contributed by atoms with van der Waals surface area (Å²) in [5.41, 5.74) is 8.74. The molecule has 172 valence electrons. The molecule has 3 rings (SSSR count). The molecule has 32 heavy (non-hydrogen) atoms. The van der Waals surface area contributed by atoms with Crippen molar-refractivity contribution in [2.75, 3.05) is 50.2 Å². The topological polar surface area (TPSA) is 139 Å². The molecule has 1 aliphatic heterocycles. The Morgan fingerprint density at radius 1 is 1.31 bits per heavy atom. The minimum atomic E-state index is -0.787. The zero-order chi connectivity index (χ0) is 23.4. The second-order valence-corrected chi connectivity index (χ2v) is 8.00. The molecule has 0 fully saturated rings. The van der Waals surface area contributed by atoms with E-state index < -0.39 is 6.04 Å². The first-order valence-electron chi connectivity index (χ1n) is 10.3. The molecule has 0 aromatic carbocycles. The van der Waals surface area contributed by atoms with Crippen LogP contribution in [-0.2, 0) is 16.1 Å². The highest BCUT2D eigenvalue weighted by atomic mass is 16.5. The van der Waals surface area contributed by atoms with Gasteiger partial charge in [-0.2, -0.15) is 4.98 Å². The van der Waals surface area contributed by atoms with Crippen molar-refractivity contribution in [3.05, 3.63) is 29.2 Å². The normalized spacial score (nSPS) is 15.4. The number of anilines is 3. The Bertz CT molecular complexity index is 1010. The molecule has 0 saturated carbocycles. The first kappa shape index (κ1) is 23.2. The number of amides is 2. The summed E-state index contributed by atoms with van der Waals surface area (Å²) in [7, 11) is 5.46. The SMILES string of the molecule is COc1c(C)cnc(CN2c3nc(N)ncc3NC(=O)C2CC(=O)NCCN(C)C)c1C. The predicted molar refractivity (Wildman–Crippen MR) is 121 cm³/mol. The summed E-state index contributed by atoms with van der Waals surface area (Å²) in [5.74, 6) is 0.713. The predicted octanol–water partition coefficient (Wildman–Crippen LogP) is 0.474. The number of likely N-dealkylation sites (N-methyl/N-ethyl adjacent to an activating group) is 1. The molecule has 0 bridgehead atoms. The fourth-order valence-corrected chi connectivity index (χ4v) is 3.64. The number of hydrogen-bond donors (Lipinski definition) is 3. The van der Waals surface area contributed by atoms with Crippen LogP contribution in [0.5, 0.6) is 5.75 Å². The Balaban J connectivity index is 1.93. The average Bonchev–Trinajstić information content (AvgIpc) is 2.73. The van der Waals surface area contributed by atoms with Crippen LogP contribution in [0, 0.1) is 13.8 Å². The molecule has 11 heteroatoms. The number of carbonyl (C=O) groups is 2. The molecule has 4 N–H and O–H groups in total. The van der Waals surface area contributed by atoms with E-state index in [2.05, 4.69) is 25.6 Å². The van der Waals surface area contributed by atoms with Gasteiger partial charge in [0.2, 0.25) is 17.8 Å². The number of aromatic nitrogens is 3. The fourth-order valence-electron chi connectivity index (χ4n) is 3.64. The van der Waals surface area contributed by atoms with Crippen LogP contribution in [0.25, 0.3) is 0 Å². The summed E-state index contributed by atoms with van der Waals surface area (Å²) in [6.07, 6.45) is 3.15. The van der Waals surface area contributed by atoms with E-state index in [4.69, 9.17) is 10.5 Å². The number of nitrogens with zero attached hydrogens (tertiary/aromatic N) is 5. The third kappa shape index (κ3) is 5.05. The first-order valence-corrected chi connectivity index (χ1v) is 10.3. The van der Waals surface area contributed by atoms with Gasteiger partial charge in [-0.05, 0) is 27.9 Å². The Hall–Kier alpha value is -3.47. The highest BCUT2D eigenvalue weighted by Crippen LogP contribution is 2.34. The standard InChI is InChI=1S/C21H30N8O3/c1-12-9-24-15(13(2)18(12)32-5)11-29-16(8-17(30)23-6-7-28(3)4)20(31)26-14-10-25-21(22)27-19(14)29/h9-10,16H,6-8,11H2,1-5H3,(H,23,30)(H,26,31)(H2,22,25,27). The van der Waals surface area contributed by atoms with Crippen LogP contribution in [0.15, 0.2) is 12.4 Å². The maximum Gasteiger partial charge on any atom is 0.247 e. The van der Waals surface area contributed by atoms with Gasteiger partial charge in [-0.1, -0.05) is 0 Å². The summed E-state index contributed by atoms with van der Waals surface area (Å²) >= 11 is 0. The minimum Gasteiger partial charge on any atom is -0.496 e. The lowest BCUT2D eigenvalue weighted by Crippen LogP contribution is -2.51. The van der Waals surface area contributed by atoms with Crippen LogP contribution in [0.4, 0.5) is 17.5 Å². The maximum atomic E-state index is 12.9. The highest BCUT2D eigenvalue weighted by Gasteiger charge is 2.36. The zero-order valence-corrected chi connectivity index (χ0v) is 19.1. The summed E-state index contributed by atoms with van der Waals surface area (Å²) in [6, 6.07) is -0.787.